The lowest BCUT2D eigenvalue weighted by Gasteiger charge is -2.19. The van der Waals surface area contributed by atoms with Crippen molar-refractivity contribution >= 4 is 12.2 Å². The quantitative estimate of drug-likeness (QED) is 0.543. The first kappa shape index (κ1) is 18.5. The zero-order valence-corrected chi connectivity index (χ0v) is 12.2. The molecule has 0 bridgehead atoms. The van der Waals surface area contributed by atoms with Gasteiger partial charge < -0.3 is 30.0 Å². The van der Waals surface area contributed by atoms with E-state index < -0.39 is 17.8 Å². The monoisotopic (exact) mass is 292 g/mol. The van der Waals surface area contributed by atoms with Crippen molar-refractivity contribution in [1.82, 2.24) is 10.6 Å². The second-order valence-electron chi connectivity index (χ2n) is 4.89. The highest BCUT2D eigenvalue weighted by molar-refractivity contribution is 5.67. The average Bonchev–Trinajstić information content (AvgIpc) is 2.28. The normalized spacial score (nSPS) is 10.9. The van der Waals surface area contributed by atoms with Gasteiger partial charge in [-0.05, 0) is 20.8 Å². The molecule has 0 atom stereocenters. The van der Waals surface area contributed by atoms with Gasteiger partial charge in [-0.15, -0.1) is 0 Å². The predicted molar refractivity (Wildman–Crippen MR) is 71.9 cm³/mol. The summed E-state index contributed by atoms with van der Waals surface area (Å²) in [6.07, 6.45) is -1.55. The van der Waals surface area contributed by atoms with E-state index in [0.29, 0.717) is 33.0 Å². The molecule has 0 aliphatic heterocycles. The van der Waals surface area contributed by atoms with Gasteiger partial charge in [-0.2, -0.15) is 0 Å². The van der Waals surface area contributed by atoms with Crippen LogP contribution < -0.4 is 10.6 Å². The Labute approximate surface area is 118 Å². The number of hydrogen-bond donors (Lipinski definition) is 3. The van der Waals surface area contributed by atoms with E-state index in [1.807, 2.05) is 0 Å². The van der Waals surface area contributed by atoms with Crippen LogP contribution in [0.4, 0.5) is 9.59 Å². The van der Waals surface area contributed by atoms with E-state index in [-0.39, 0.29) is 6.54 Å². The number of carbonyl (C=O) groups excluding carboxylic acids is 1. The second kappa shape index (κ2) is 10.3. The first-order chi connectivity index (χ1) is 9.31. The van der Waals surface area contributed by atoms with Crippen molar-refractivity contribution in [2.45, 2.75) is 26.4 Å². The summed E-state index contributed by atoms with van der Waals surface area (Å²) in [5.74, 6) is 0. The van der Waals surface area contributed by atoms with E-state index in [4.69, 9.17) is 19.3 Å². The van der Waals surface area contributed by atoms with E-state index >= 15 is 0 Å². The van der Waals surface area contributed by atoms with Crippen LogP contribution in [0.2, 0.25) is 0 Å². The van der Waals surface area contributed by atoms with Gasteiger partial charge in [0, 0.05) is 13.1 Å². The third kappa shape index (κ3) is 14.5. The lowest BCUT2D eigenvalue weighted by molar-refractivity contribution is 0.0403. The smallest absolute Gasteiger partial charge is 0.407 e. The summed E-state index contributed by atoms with van der Waals surface area (Å²) in [7, 11) is 0. The molecule has 0 heterocycles. The Bertz CT molecular complexity index is 290. The molecule has 0 aliphatic carbocycles. The molecular weight excluding hydrogens is 268 g/mol. The van der Waals surface area contributed by atoms with Gasteiger partial charge in [0.05, 0.1) is 26.4 Å². The summed E-state index contributed by atoms with van der Waals surface area (Å²) >= 11 is 0. The van der Waals surface area contributed by atoms with Crippen LogP contribution in [0, 0.1) is 0 Å². The van der Waals surface area contributed by atoms with Crippen molar-refractivity contribution in [1.29, 1.82) is 0 Å². The largest absolute Gasteiger partial charge is 0.465 e. The number of carboxylic acid groups (broad SMARTS) is 1. The van der Waals surface area contributed by atoms with Crippen molar-refractivity contribution in [3.8, 4) is 0 Å². The van der Waals surface area contributed by atoms with Crippen molar-refractivity contribution in [2.24, 2.45) is 0 Å². The Morgan fingerprint density at radius 2 is 1.45 bits per heavy atom. The van der Waals surface area contributed by atoms with Crippen LogP contribution >= 0.6 is 0 Å². The highest BCUT2D eigenvalue weighted by Crippen LogP contribution is 2.05. The number of nitrogens with one attached hydrogen (secondary N) is 2. The SMILES string of the molecule is CC(C)(C)OC(=O)NCCOCCOCCNC(=O)O. The van der Waals surface area contributed by atoms with E-state index in [0.717, 1.165) is 0 Å². The number of rotatable bonds is 9. The molecule has 0 unspecified atom stereocenters. The fourth-order valence-electron chi connectivity index (χ4n) is 1.09. The summed E-state index contributed by atoms with van der Waals surface area (Å²) in [6, 6.07) is 0. The molecule has 20 heavy (non-hydrogen) atoms. The van der Waals surface area contributed by atoms with Gasteiger partial charge in [-0.1, -0.05) is 0 Å². The fraction of sp³-hybridized carbons (Fsp3) is 0.833. The summed E-state index contributed by atoms with van der Waals surface area (Å²) < 4.78 is 15.4. The van der Waals surface area contributed by atoms with Crippen LogP contribution in [-0.2, 0) is 14.2 Å². The van der Waals surface area contributed by atoms with Crippen molar-refractivity contribution < 1.29 is 28.9 Å². The number of amides is 2. The van der Waals surface area contributed by atoms with Crippen molar-refractivity contribution in [2.75, 3.05) is 39.5 Å². The number of alkyl carbamates (subject to hydrolysis) is 1. The molecule has 0 aliphatic rings. The molecule has 0 saturated heterocycles. The molecule has 8 nitrogen and oxygen atoms in total. The van der Waals surface area contributed by atoms with Gasteiger partial charge in [-0.25, -0.2) is 9.59 Å². The molecule has 0 aromatic rings. The highest BCUT2D eigenvalue weighted by atomic mass is 16.6. The average molecular weight is 292 g/mol. The van der Waals surface area contributed by atoms with Crippen LogP contribution in [0.5, 0.6) is 0 Å². The number of carbonyl (C=O) groups is 2. The molecule has 3 N–H and O–H groups in total. The molecular formula is C12H24N2O6. The second-order valence-corrected chi connectivity index (χ2v) is 4.89. The standard InChI is InChI=1S/C12H24N2O6/c1-12(2,3)20-11(17)14-5-7-19-9-8-18-6-4-13-10(15)16/h13H,4-9H2,1-3H3,(H,14,17)(H,15,16). The highest BCUT2D eigenvalue weighted by Gasteiger charge is 2.15. The lowest BCUT2D eigenvalue weighted by Crippen LogP contribution is -2.34. The Kier molecular flexibility index (Phi) is 9.48. The third-order valence-corrected chi connectivity index (χ3v) is 1.81. The topological polar surface area (TPSA) is 106 Å². The van der Waals surface area contributed by atoms with Gasteiger partial charge in [0.15, 0.2) is 0 Å². The van der Waals surface area contributed by atoms with Gasteiger partial charge in [0.25, 0.3) is 0 Å². The minimum Gasteiger partial charge on any atom is -0.465 e. The minimum absolute atomic E-state index is 0.246. The first-order valence-corrected chi connectivity index (χ1v) is 6.40. The summed E-state index contributed by atoms with van der Waals surface area (Å²) in [4.78, 5) is 21.4. The molecule has 118 valence electrons. The van der Waals surface area contributed by atoms with Crippen LogP contribution in [-0.4, -0.2) is 62.4 Å². The maximum atomic E-state index is 11.3. The molecule has 0 radical (unpaired) electrons. The Balaban J connectivity index is 3.25. The van der Waals surface area contributed by atoms with E-state index in [2.05, 4.69) is 10.6 Å². The zero-order chi connectivity index (χ0) is 15.4. The molecule has 2 amide bonds. The number of hydrogen-bond acceptors (Lipinski definition) is 5. The molecule has 0 aromatic carbocycles. The molecule has 0 saturated carbocycles. The maximum absolute atomic E-state index is 11.3. The van der Waals surface area contributed by atoms with Gasteiger partial charge in [0.1, 0.15) is 5.60 Å². The van der Waals surface area contributed by atoms with Crippen molar-refractivity contribution in [3.05, 3.63) is 0 Å². The van der Waals surface area contributed by atoms with Crippen LogP contribution in [0.1, 0.15) is 20.8 Å². The summed E-state index contributed by atoms with van der Waals surface area (Å²) in [5, 5.41) is 13.0. The van der Waals surface area contributed by atoms with Gasteiger partial charge >= 0.3 is 12.2 Å². The van der Waals surface area contributed by atoms with E-state index in [1.165, 1.54) is 0 Å². The Hall–Kier alpha value is -1.54. The van der Waals surface area contributed by atoms with E-state index in [9.17, 15) is 9.59 Å². The van der Waals surface area contributed by atoms with Crippen LogP contribution in [0.25, 0.3) is 0 Å². The Morgan fingerprint density at radius 3 is 1.90 bits per heavy atom. The molecule has 0 spiro atoms. The minimum atomic E-state index is -1.07. The molecule has 0 rings (SSSR count). The van der Waals surface area contributed by atoms with Crippen LogP contribution in [0.15, 0.2) is 0 Å². The fourth-order valence-corrected chi connectivity index (χ4v) is 1.09. The Morgan fingerprint density at radius 1 is 0.950 bits per heavy atom. The predicted octanol–water partition coefficient (Wildman–Crippen LogP) is 0.812. The number of ether oxygens (including phenoxy) is 3. The first-order valence-electron chi connectivity index (χ1n) is 6.40. The van der Waals surface area contributed by atoms with Crippen LogP contribution in [0.3, 0.4) is 0 Å². The van der Waals surface area contributed by atoms with Gasteiger partial charge in [-0.3, -0.25) is 0 Å². The van der Waals surface area contributed by atoms with E-state index in [1.54, 1.807) is 20.8 Å². The zero-order valence-electron chi connectivity index (χ0n) is 12.2. The molecule has 0 aromatic heterocycles. The molecule has 0 fully saturated rings. The molecule has 8 heteroatoms. The van der Waals surface area contributed by atoms with Gasteiger partial charge in [0.2, 0.25) is 0 Å². The maximum Gasteiger partial charge on any atom is 0.407 e. The summed E-state index contributed by atoms with van der Waals surface area (Å²) in [6.45, 7) is 7.38. The van der Waals surface area contributed by atoms with Crippen molar-refractivity contribution in [3.63, 3.8) is 0 Å². The summed E-state index contributed by atoms with van der Waals surface area (Å²) in [5.41, 5.74) is -0.511. The third-order valence-electron chi connectivity index (χ3n) is 1.81. The lowest BCUT2D eigenvalue weighted by atomic mass is 10.2.